The average molecular weight is 418 g/mol. The van der Waals surface area contributed by atoms with Crippen LogP contribution in [0.3, 0.4) is 0 Å². The summed E-state index contributed by atoms with van der Waals surface area (Å²) < 4.78 is 11.0. The second-order valence-electron chi connectivity index (χ2n) is 8.59. The van der Waals surface area contributed by atoms with Gasteiger partial charge in [0.25, 0.3) is 5.91 Å². The van der Waals surface area contributed by atoms with Crippen molar-refractivity contribution in [2.45, 2.75) is 38.6 Å². The average Bonchev–Trinajstić information content (AvgIpc) is 2.78. The Balaban J connectivity index is 1.54. The largest absolute Gasteiger partial charge is 0.466 e. The summed E-state index contributed by atoms with van der Waals surface area (Å²) in [5.41, 5.74) is -0.703. The molecule has 1 aliphatic carbocycles. The molecule has 4 rings (SSSR count). The van der Waals surface area contributed by atoms with E-state index in [0.717, 1.165) is 45.6 Å². The lowest BCUT2D eigenvalue weighted by molar-refractivity contribution is -0.168. The van der Waals surface area contributed by atoms with Gasteiger partial charge in [0.15, 0.2) is 0 Å². The van der Waals surface area contributed by atoms with Crippen LogP contribution in [0.4, 0.5) is 0 Å². The molecule has 164 valence electrons. The van der Waals surface area contributed by atoms with Crippen molar-refractivity contribution in [3.8, 4) is 0 Å². The first-order valence-corrected chi connectivity index (χ1v) is 11.0. The maximum atomic E-state index is 13.1. The number of nitrogens with zero attached hydrogens (tertiary/aromatic N) is 2. The number of esters is 1. The molecule has 2 saturated heterocycles. The van der Waals surface area contributed by atoms with E-state index < -0.39 is 5.41 Å². The molecule has 8 heteroatoms. The maximum absolute atomic E-state index is 13.1. The van der Waals surface area contributed by atoms with E-state index in [1.54, 1.807) is 17.0 Å². The molecule has 30 heavy (non-hydrogen) atoms. The molecule has 1 aromatic rings. The summed E-state index contributed by atoms with van der Waals surface area (Å²) in [7, 11) is 0. The number of morpholine rings is 1. The van der Waals surface area contributed by atoms with Gasteiger partial charge in [-0.2, -0.15) is 0 Å². The number of hydrogen-bond acceptors (Lipinski definition) is 6. The first-order chi connectivity index (χ1) is 14.5. The fourth-order valence-electron chi connectivity index (χ4n) is 5.43. The molecule has 0 aromatic carbocycles. The van der Waals surface area contributed by atoms with Crippen LogP contribution in [-0.2, 0) is 14.3 Å². The number of aromatic amines is 1. The van der Waals surface area contributed by atoms with Crippen LogP contribution in [0.5, 0.6) is 0 Å². The summed E-state index contributed by atoms with van der Waals surface area (Å²) in [5.74, 6) is -0.225. The summed E-state index contributed by atoms with van der Waals surface area (Å²) in [4.78, 5) is 44.6. The highest BCUT2D eigenvalue weighted by Gasteiger charge is 2.54. The normalized spacial score (nSPS) is 29.8. The highest BCUT2D eigenvalue weighted by Crippen LogP contribution is 2.48. The number of amides is 1. The summed E-state index contributed by atoms with van der Waals surface area (Å²) in [6.45, 7) is 6.50. The van der Waals surface area contributed by atoms with Gasteiger partial charge in [0.1, 0.15) is 5.69 Å². The Labute approximate surface area is 176 Å². The number of H-pyrrole nitrogens is 1. The highest BCUT2D eigenvalue weighted by molar-refractivity contribution is 5.93. The number of pyridine rings is 1. The van der Waals surface area contributed by atoms with Crippen LogP contribution in [0.15, 0.2) is 23.0 Å². The Morgan fingerprint density at radius 3 is 2.77 bits per heavy atom. The molecule has 1 N–H and O–H groups in total. The van der Waals surface area contributed by atoms with Crippen LogP contribution in [0.1, 0.15) is 43.1 Å². The van der Waals surface area contributed by atoms with Crippen LogP contribution in [0.2, 0.25) is 0 Å². The zero-order valence-electron chi connectivity index (χ0n) is 17.6. The van der Waals surface area contributed by atoms with Gasteiger partial charge in [-0.3, -0.25) is 19.3 Å². The van der Waals surface area contributed by atoms with Crippen molar-refractivity contribution in [1.82, 2.24) is 14.8 Å². The van der Waals surface area contributed by atoms with Crippen molar-refractivity contribution >= 4 is 11.9 Å². The molecule has 1 amide bonds. The lowest BCUT2D eigenvalue weighted by Gasteiger charge is -2.52. The molecule has 1 saturated carbocycles. The van der Waals surface area contributed by atoms with E-state index in [0.29, 0.717) is 32.2 Å². The minimum atomic E-state index is -0.665. The van der Waals surface area contributed by atoms with Crippen LogP contribution < -0.4 is 5.56 Å². The number of nitrogens with one attached hydrogen (secondary N) is 1. The SMILES string of the molecule is CCOC(=O)[C@@]12CC[C@@H](N3CCOCC3)C[C@H]1CCN(C(=O)c1cccc(=O)[nH]1)C2. The van der Waals surface area contributed by atoms with Gasteiger partial charge in [0, 0.05) is 38.3 Å². The summed E-state index contributed by atoms with van der Waals surface area (Å²) in [6, 6.07) is 5.03. The first-order valence-electron chi connectivity index (χ1n) is 11.0. The molecule has 1 aromatic heterocycles. The van der Waals surface area contributed by atoms with Gasteiger partial charge in [0.05, 0.1) is 25.2 Å². The maximum Gasteiger partial charge on any atom is 0.314 e. The van der Waals surface area contributed by atoms with Gasteiger partial charge in [0.2, 0.25) is 5.56 Å². The first kappa shape index (κ1) is 21.1. The monoisotopic (exact) mass is 417 g/mol. The second-order valence-corrected chi connectivity index (χ2v) is 8.59. The third-order valence-corrected chi connectivity index (χ3v) is 7.01. The van der Waals surface area contributed by atoms with Crippen LogP contribution >= 0.6 is 0 Å². The van der Waals surface area contributed by atoms with Crippen molar-refractivity contribution in [3.63, 3.8) is 0 Å². The van der Waals surface area contributed by atoms with Crippen molar-refractivity contribution in [2.75, 3.05) is 46.0 Å². The van der Waals surface area contributed by atoms with Gasteiger partial charge in [-0.15, -0.1) is 0 Å². The lowest BCUT2D eigenvalue weighted by Crippen LogP contribution is -2.59. The number of fused-ring (bicyclic) bond motifs is 1. The summed E-state index contributed by atoms with van der Waals surface area (Å²) in [5, 5.41) is 0. The van der Waals surface area contributed by atoms with Gasteiger partial charge < -0.3 is 19.4 Å². The minimum absolute atomic E-state index is 0.186. The number of rotatable bonds is 4. The number of ether oxygens (including phenoxy) is 2. The third-order valence-electron chi connectivity index (χ3n) is 7.01. The number of hydrogen-bond donors (Lipinski definition) is 1. The van der Waals surface area contributed by atoms with E-state index in [1.807, 2.05) is 6.92 Å². The number of carbonyl (C=O) groups is 2. The molecule has 2 aliphatic heterocycles. The Kier molecular flexibility index (Phi) is 6.24. The Morgan fingerprint density at radius 2 is 2.03 bits per heavy atom. The summed E-state index contributed by atoms with van der Waals surface area (Å²) >= 11 is 0. The molecule has 8 nitrogen and oxygen atoms in total. The quantitative estimate of drug-likeness (QED) is 0.742. The van der Waals surface area contributed by atoms with Crippen molar-refractivity contribution in [1.29, 1.82) is 0 Å². The highest BCUT2D eigenvalue weighted by atomic mass is 16.5. The van der Waals surface area contributed by atoms with Crippen molar-refractivity contribution in [3.05, 3.63) is 34.2 Å². The third kappa shape index (κ3) is 4.03. The van der Waals surface area contributed by atoms with E-state index >= 15 is 0 Å². The van der Waals surface area contributed by atoms with Crippen LogP contribution in [0, 0.1) is 11.3 Å². The van der Waals surface area contributed by atoms with Gasteiger partial charge in [-0.05, 0) is 44.6 Å². The van der Waals surface area contributed by atoms with E-state index in [9.17, 15) is 14.4 Å². The zero-order valence-corrected chi connectivity index (χ0v) is 17.6. The number of carbonyl (C=O) groups excluding carboxylic acids is 2. The Morgan fingerprint density at radius 1 is 1.23 bits per heavy atom. The molecular formula is C22H31N3O5. The Hall–Kier alpha value is -2.19. The minimum Gasteiger partial charge on any atom is -0.466 e. The molecule has 3 atom stereocenters. The van der Waals surface area contributed by atoms with E-state index in [-0.39, 0.29) is 29.0 Å². The van der Waals surface area contributed by atoms with Crippen molar-refractivity contribution < 1.29 is 19.1 Å². The predicted molar refractivity (Wildman–Crippen MR) is 110 cm³/mol. The van der Waals surface area contributed by atoms with E-state index in [2.05, 4.69) is 9.88 Å². The van der Waals surface area contributed by atoms with Crippen LogP contribution in [0.25, 0.3) is 0 Å². The molecule has 3 aliphatic rings. The molecule has 3 heterocycles. The van der Waals surface area contributed by atoms with Gasteiger partial charge in [-0.1, -0.05) is 6.07 Å². The smallest absolute Gasteiger partial charge is 0.314 e. The topological polar surface area (TPSA) is 91.9 Å². The Bertz CT molecular complexity index is 834. The summed E-state index contributed by atoms with van der Waals surface area (Å²) in [6.07, 6.45) is 3.35. The fraction of sp³-hybridized carbons (Fsp3) is 0.682. The molecule has 0 bridgehead atoms. The molecule has 3 fully saturated rings. The number of piperidine rings is 1. The number of likely N-dealkylation sites (tertiary alicyclic amines) is 1. The number of aromatic nitrogens is 1. The van der Waals surface area contributed by atoms with Gasteiger partial charge >= 0.3 is 5.97 Å². The molecule has 0 radical (unpaired) electrons. The molecule has 0 unspecified atom stereocenters. The molecule has 0 spiro atoms. The zero-order chi connectivity index (χ0) is 21.1. The van der Waals surface area contributed by atoms with Crippen molar-refractivity contribution in [2.24, 2.45) is 11.3 Å². The van der Waals surface area contributed by atoms with Gasteiger partial charge in [-0.25, -0.2) is 0 Å². The van der Waals surface area contributed by atoms with E-state index in [1.165, 1.54) is 6.07 Å². The second kappa shape index (κ2) is 8.89. The standard InChI is InChI=1S/C22H31N3O5/c1-2-30-21(28)22-8-6-17(24-10-12-29-13-11-24)14-16(22)7-9-25(15-22)20(27)18-4-3-5-19(26)23-18/h3-5,16-17H,2,6-15H2,1H3,(H,23,26)/t16-,17-,22-/m1/s1. The predicted octanol–water partition coefficient (Wildman–Crippen LogP) is 1.27. The van der Waals surface area contributed by atoms with Crippen LogP contribution in [-0.4, -0.2) is 78.7 Å². The molecular weight excluding hydrogens is 386 g/mol. The van der Waals surface area contributed by atoms with E-state index in [4.69, 9.17) is 9.47 Å². The lowest BCUT2D eigenvalue weighted by atomic mass is 9.61. The fourth-order valence-corrected chi connectivity index (χ4v) is 5.43.